The summed E-state index contributed by atoms with van der Waals surface area (Å²) in [6.07, 6.45) is 4.31. The van der Waals surface area contributed by atoms with E-state index in [9.17, 15) is 4.79 Å². The van der Waals surface area contributed by atoms with E-state index in [-0.39, 0.29) is 5.91 Å². The van der Waals surface area contributed by atoms with E-state index in [0.717, 1.165) is 29.9 Å². The predicted octanol–water partition coefficient (Wildman–Crippen LogP) is 3.72. The SMILES string of the molecule is CCNc1ccc(NC(=O)c2cccc(-c3cn[nH]c3)n2)cc1CC. The van der Waals surface area contributed by atoms with Crippen molar-refractivity contribution in [1.29, 1.82) is 0 Å². The molecule has 25 heavy (non-hydrogen) atoms. The van der Waals surface area contributed by atoms with Crippen molar-refractivity contribution >= 4 is 17.3 Å². The van der Waals surface area contributed by atoms with Crippen molar-refractivity contribution in [2.24, 2.45) is 0 Å². The van der Waals surface area contributed by atoms with Crippen LogP contribution in [0.4, 0.5) is 11.4 Å². The molecule has 0 aliphatic carbocycles. The number of carbonyl (C=O) groups is 1. The number of nitrogens with one attached hydrogen (secondary N) is 3. The Kier molecular flexibility index (Phi) is 5.09. The van der Waals surface area contributed by atoms with Gasteiger partial charge in [0, 0.05) is 29.7 Å². The summed E-state index contributed by atoms with van der Waals surface area (Å²) < 4.78 is 0. The van der Waals surface area contributed by atoms with Crippen molar-refractivity contribution in [1.82, 2.24) is 15.2 Å². The molecule has 0 unspecified atom stereocenters. The van der Waals surface area contributed by atoms with Gasteiger partial charge >= 0.3 is 0 Å². The minimum atomic E-state index is -0.233. The second-order valence-electron chi connectivity index (χ2n) is 5.60. The van der Waals surface area contributed by atoms with Gasteiger partial charge in [-0.05, 0) is 49.2 Å². The Morgan fingerprint density at radius 3 is 2.80 bits per heavy atom. The van der Waals surface area contributed by atoms with E-state index in [0.29, 0.717) is 11.4 Å². The van der Waals surface area contributed by atoms with Gasteiger partial charge in [-0.1, -0.05) is 13.0 Å². The summed E-state index contributed by atoms with van der Waals surface area (Å²) in [5.74, 6) is -0.233. The van der Waals surface area contributed by atoms with Gasteiger partial charge in [0.05, 0.1) is 11.9 Å². The summed E-state index contributed by atoms with van der Waals surface area (Å²) in [4.78, 5) is 16.9. The monoisotopic (exact) mass is 335 g/mol. The van der Waals surface area contributed by atoms with E-state index in [1.165, 1.54) is 5.56 Å². The Bertz CT molecular complexity index is 858. The fourth-order valence-electron chi connectivity index (χ4n) is 2.63. The first kappa shape index (κ1) is 16.7. The molecule has 3 rings (SSSR count). The average Bonchev–Trinajstić information content (AvgIpc) is 3.18. The Morgan fingerprint density at radius 1 is 1.20 bits per heavy atom. The zero-order chi connectivity index (χ0) is 17.6. The Balaban J connectivity index is 1.79. The molecular weight excluding hydrogens is 314 g/mol. The number of aromatic amines is 1. The summed E-state index contributed by atoms with van der Waals surface area (Å²) in [6, 6.07) is 11.3. The third-order valence-electron chi connectivity index (χ3n) is 3.89. The van der Waals surface area contributed by atoms with Crippen molar-refractivity contribution in [3.8, 4) is 11.3 Å². The quantitative estimate of drug-likeness (QED) is 0.641. The number of rotatable bonds is 6. The molecule has 0 spiro atoms. The number of pyridine rings is 1. The molecule has 1 amide bonds. The van der Waals surface area contributed by atoms with Crippen LogP contribution in [0.3, 0.4) is 0 Å². The lowest BCUT2D eigenvalue weighted by molar-refractivity contribution is 0.102. The van der Waals surface area contributed by atoms with E-state index >= 15 is 0 Å². The van der Waals surface area contributed by atoms with Crippen LogP contribution in [0.1, 0.15) is 29.9 Å². The lowest BCUT2D eigenvalue weighted by Gasteiger charge is -2.12. The first-order chi connectivity index (χ1) is 12.2. The molecule has 0 aliphatic rings. The first-order valence-corrected chi connectivity index (χ1v) is 8.35. The van der Waals surface area contributed by atoms with Gasteiger partial charge in [-0.15, -0.1) is 0 Å². The van der Waals surface area contributed by atoms with Crippen LogP contribution in [0.2, 0.25) is 0 Å². The molecule has 6 nitrogen and oxygen atoms in total. The van der Waals surface area contributed by atoms with E-state index in [1.54, 1.807) is 18.5 Å². The molecule has 2 heterocycles. The Labute approximate surface area is 146 Å². The van der Waals surface area contributed by atoms with E-state index in [4.69, 9.17) is 0 Å². The minimum Gasteiger partial charge on any atom is -0.385 e. The average molecular weight is 335 g/mol. The fraction of sp³-hybridized carbons (Fsp3) is 0.211. The molecule has 3 N–H and O–H groups in total. The van der Waals surface area contributed by atoms with Crippen molar-refractivity contribution in [2.45, 2.75) is 20.3 Å². The number of benzene rings is 1. The number of H-pyrrole nitrogens is 1. The number of anilines is 2. The van der Waals surface area contributed by atoms with Crippen molar-refractivity contribution < 1.29 is 4.79 Å². The second kappa shape index (κ2) is 7.61. The maximum atomic E-state index is 12.5. The van der Waals surface area contributed by atoms with Gasteiger partial charge in [0.25, 0.3) is 5.91 Å². The third kappa shape index (κ3) is 3.85. The van der Waals surface area contributed by atoms with Crippen molar-refractivity contribution in [2.75, 3.05) is 17.2 Å². The molecule has 0 aliphatic heterocycles. The van der Waals surface area contributed by atoms with Gasteiger partial charge in [-0.25, -0.2) is 4.98 Å². The van der Waals surface area contributed by atoms with Crippen LogP contribution >= 0.6 is 0 Å². The van der Waals surface area contributed by atoms with Crippen molar-refractivity contribution in [3.05, 3.63) is 60.0 Å². The minimum absolute atomic E-state index is 0.233. The molecule has 0 saturated carbocycles. The van der Waals surface area contributed by atoms with Gasteiger partial charge in [0.2, 0.25) is 0 Å². The molecule has 128 valence electrons. The smallest absolute Gasteiger partial charge is 0.274 e. The first-order valence-electron chi connectivity index (χ1n) is 8.35. The molecule has 1 aromatic carbocycles. The fourth-order valence-corrected chi connectivity index (χ4v) is 2.63. The number of aryl methyl sites for hydroxylation is 1. The molecule has 6 heteroatoms. The number of carbonyl (C=O) groups excluding carboxylic acids is 1. The number of amides is 1. The Hall–Kier alpha value is -3.15. The summed E-state index contributed by atoms with van der Waals surface area (Å²) in [5.41, 5.74) is 4.95. The van der Waals surface area contributed by atoms with Crippen LogP contribution in [0, 0.1) is 0 Å². The van der Waals surface area contributed by atoms with Gasteiger partial charge in [-0.2, -0.15) is 5.10 Å². The molecule has 0 bridgehead atoms. The van der Waals surface area contributed by atoms with Crippen LogP contribution in [0.5, 0.6) is 0 Å². The van der Waals surface area contributed by atoms with Crippen molar-refractivity contribution in [3.63, 3.8) is 0 Å². The molecule has 0 saturated heterocycles. The standard InChI is InChI=1S/C19H21N5O/c1-3-13-10-15(8-9-16(13)20-4-2)23-19(25)18-7-5-6-17(24-18)14-11-21-22-12-14/h5-12,20H,3-4H2,1-2H3,(H,21,22)(H,23,25). The molecular formula is C19H21N5O. The molecule has 2 aromatic heterocycles. The van der Waals surface area contributed by atoms with E-state index in [2.05, 4.69) is 39.7 Å². The van der Waals surface area contributed by atoms with Crippen LogP contribution in [0.15, 0.2) is 48.8 Å². The molecule has 0 atom stereocenters. The zero-order valence-electron chi connectivity index (χ0n) is 14.3. The zero-order valence-corrected chi connectivity index (χ0v) is 14.3. The molecule has 0 fully saturated rings. The highest BCUT2D eigenvalue weighted by Crippen LogP contribution is 2.22. The predicted molar refractivity (Wildman–Crippen MR) is 99.8 cm³/mol. The van der Waals surface area contributed by atoms with E-state index < -0.39 is 0 Å². The highest BCUT2D eigenvalue weighted by Gasteiger charge is 2.11. The molecule has 3 aromatic rings. The van der Waals surface area contributed by atoms with Crippen LogP contribution in [0.25, 0.3) is 11.3 Å². The lowest BCUT2D eigenvalue weighted by atomic mass is 10.1. The maximum absolute atomic E-state index is 12.5. The van der Waals surface area contributed by atoms with Crippen LogP contribution < -0.4 is 10.6 Å². The lowest BCUT2D eigenvalue weighted by Crippen LogP contribution is -2.14. The largest absolute Gasteiger partial charge is 0.385 e. The second-order valence-corrected chi connectivity index (χ2v) is 5.60. The summed E-state index contributed by atoms with van der Waals surface area (Å²) in [5, 5.41) is 12.9. The van der Waals surface area contributed by atoms with Gasteiger partial charge < -0.3 is 10.6 Å². The van der Waals surface area contributed by atoms with Gasteiger partial charge in [0.1, 0.15) is 5.69 Å². The van der Waals surface area contributed by atoms with Crippen LogP contribution in [-0.2, 0) is 6.42 Å². The maximum Gasteiger partial charge on any atom is 0.274 e. The Morgan fingerprint density at radius 2 is 2.08 bits per heavy atom. The molecule has 0 radical (unpaired) electrons. The van der Waals surface area contributed by atoms with Gasteiger partial charge in [0.15, 0.2) is 0 Å². The van der Waals surface area contributed by atoms with Crippen LogP contribution in [-0.4, -0.2) is 27.6 Å². The highest BCUT2D eigenvalue weighted by atomic mass is 16.1. The van der Waals surface area contributed by atoms with E-state index in [1.807, 2.05) is 30.3 Å². The number of aromatic nitrogens is 3. The summed E-state index contributed by atoms with van der Waals surface area (Å²) in [7, 11) is 0. The topological polar surface area (TPSA) is 82.7 Å². The summed E-state index contributed by atoms with van der Waals surface area (Å²) in [6.45, 7) is 5.02. The number of nitrogens with zero attached hydrogens (tertiary/aromatic N) is 2. The highest BCUT2D eigenvalue weighted by molar-refractivity contribution is 6.03. The summed E-state index contributed by atoms with van der Waals surface area (Å²) >= 11 is 0. The van der Waals surface area contributed by atoms with Gasteiger partial charge in [-0.3, -0.25) is 9.89 Å². The number of hydrogen-bond donors (Lipinski definition) is 3. The third-order valence-corrected chi connectivity index (χ3v) is 3.89. The normalized spacial score (nSPS) is 10.5. The number of hydrogen-bond acceptors (Lipinski definition) is 4.